The van der Waals surface area contributed by atoms with Crippen molar-refractivity contribution < 1.29 is 17.6 Å². The maximum absolute atomic E-state index is 12.3. The molecule has 1 saturated heterocycles. The number of rotatable bonds is 4. The fourth-order valence-electron chi connectivity index (χ4n) is 2.67. The largest absolute Gasteiger partial charge is 0.455 e. The lowest BCUT2D eigenvalue weighted by molar-refractivity contribution is 0.0753. The minimum absolute atomic E-state index is 0.0451. The number of aryl methyl sites for hydroxylation is 1. The molecule has 1 atom stereocenters. The number of hydrogen-bond donors (Lipinski definition) is 1. The molecule has 7 heteroatoms. The zero-order valence-electron chi connectivity index (χ0n) is 11.8. The van der Waals surface area contributed by atoms with Gasteiger partial charge >= 0.3 is 0 Å². The topological polar surface area (TPSA) is 93.6 Å². The summed E-state index contributed by atoms with van der Waals surface area (Å²) < 4.78 is 27.9. The number of primary sulfonamides is 1. The van der Waals surface area contributed by atoms with Gasteiger partial charge in [-0.25, -0.2) is 13.6 Å². The molecule has 20 heavy (non-hydrogen) atoms. The summed E-state index contributed by atoms with van der Waals surface area (Å²) in [7, 11) is -3.85. The van der Waals surface area contributed by atoms with Crippen LogP contribution in [0.25, 0.3) is 0 Å². The molecule has 0 radical (unpaired) electrons. The second-order valence-corrected chi connectivity index (χ2v) is 6.80. The van der Waals surface area contributed by atoms with Crippen molar-refractivity contribution in [1.82, 2.24) is 4.90 Å². The van der Waals surface area contributed by atoms with Crippen molar-refractivity contribution in [3.63, 3.8) is 0 Å². The minimum atomic E-state index is -3.85. The van der Waals surface area contributed by atoms with Gasteiger partial charge in [-0.3, -0.25) is 4.79 Å². The highest BCUT2D eigenvalue weighted by Gasteiger charge is 2.29. The first kappa shape index (κ1) is 15.1. The molecule has 1 fully saturated rings. The van der Waals surface area contributed by atoms with E-state index in [-0.39, 0.29) is 22.3 Å². The van der Waals surface area contributed by atoms with Crippen LogP contribution in [0, 0.1) is 12.8 Å². The number of likely N-dealkylation sites (tertiary alicyclic amines) is 1. The SMILES string of the molecule is CCCC1CCN(C(=O)c2cc(S(N)(=O)=O)c(C)o2)C1. The standard InChI is InChI=1S/C13H20N2O4S/c1-3-4-10-5-6-15(8-10)13(16)11-7-12(9(2)19-11)20(14,17)18/h7,10H,3-6,8H2,1-2H3,(H2,14,17,18). The molecule has 1 amide bonds. The molecule has 6 nitrogen and oxygen atoms in total. The summed E-state index contributed by atoms with van der Waals surface area (Å²) in [5, 5.41) is 5.07. The van der Waals surface area contributed by atoms with Gasteiger partial charge < -0.3 is 9.32 Å². The van der Waals surface area contributed by atoms with Gasteiger partial charge in [0, 0.05) is 19.2 Å². The molecule has 1 aliphatic rings. The Balaban J connectivity index is 2.15. The molecule has 112 valence electrons. The highest BCUT2D eigenvalue weighted by molar-refractivity contribution is 7.89. The highest BCUT2D eigenvalue weighted by Crippen LogP contribution is 2.25. The maximum atomic E-state index is 12.3. The number of sulfonamides is 1. The number of carbonyl (C=O) groups excluding carboxylic acids is 1. The fourth-order valence-corrected chi connectivity index (χ4v) is 3.38. The lowest BCUT2D eigenvalue weighted by Gasteiger charge is -2.14. The minimum Gasteiger partial charge on any atom is -0.455 e. The maximum Gasteiger partial charge on any atom is 0.289 e. The zero-order chi connectivity index (χ0) is 14.9. The Morgan fingerprint density at radius 3 is 2.80 bits per heavy atom. The second-order valence-electron chi connectivity index (χ2n) is 5.27. The molecule has 1 unspecified atom stereocenters. The first-order valence-electron chi connectivity index (χ1n) is 6.75. The van der Waals surface area contributed by atoms with Crippen LogP contribution in [0.4, 0.5) is 0 Å². The van der Waals surface area contributed by atoms with Crippen molar-refractivity contribution in [2.75, 3.05) is 13.1 Å². The first-order valence-corrected chi connectivity index (χ1v) is 8.30. The Morgan fingerprint density at radius 2 is 2.25 bits per heavy atom. The predicted octanol–water partition coefficient (Wildman–Crippen LogP) is 1.50. The molecule has 0 spiro atoms. The molecule has 2 N–H and O–H groups in total. The van der Waals surface area contributed by atoms with Crippen LogP contribution in [0.2, 0.25) is 0 Å². The average Bonchev–Trinajstić information content (AvgIpc) is 2.94. The van der Waals surface area contributed by atoms with Crippen LogP contribution in [0.3, 0.4) is 0 Å². The molecule has 1 aliphatic heterocycles. The van der Waals surface area contributed by atoms with E-state index < -0.39 is 10.0 Å². The van der Waals surface area contributed by atoms with Gasteiger partial charge in [0.15, 0.2) is 5.76 Å². The molecular formula is C13H20N2O4S. The van der Waals surface area contributed by atoms with E-state index in [1.807, 2.05) is 0 Å². The van der Waals surface area contributed by atoms with Gasteiger partial charge in [-0.05, 0) is 25.7 Å². The third kappa shape index (κ3) is 3.04. The monoisotopic (exact) mass is 300 g/mol. The van der Waals surface area contributed by atoms with E-state index in [9.17, 15) is 13.2 Å². The third-order valence-corrected chi connectivity index (χ3v) is 4.68. The third-order valence-electron chi connectivity index (χ3n) is 3.66. The van der Waals surface area contributed by atoms with Crippen LogP contribution in [-0.2, 0) is 10.0 Å². The van der Waals surface area contributed by atoms with Crippen molar-refractivity contribution >= 4 is 15.9 Å². The van der Waals surface area contributed by atoms with E-state index in [0.29, 0.717) is 19.0 Å². The van der Waals surface area contributed by atoms with Crippen molar-refractivity contribution in [1.29, 1.82) is 0 Å². The van der Waals surface area contributed by atoms with Crippen molar-refractivity contribution in [2.24, 2.45) is 11.1 Å². The Kier molecular flexibility index (Phi) is 4.19. The van der Waals surface area contributed by atoms with Gasteiger partial charge in [-0.2, -0.15) is 0 Å². The van der Waals surface area contributed by atoms with E-state index in [0.717, 1.165) is 19.3 Å². The Hall–Kier alpha value is -1.34. The van der Waals surface area contributed by atoms with E-state index in [1.54, 1.807) is 4.90 Å². The van der Waals surface area contributed by atoms with Crippen LogP contribution in [0.5, 0.6) is 0 Å². The molecule has 2 rings (SSSR count). The van der Waals surface area contributed by atoms with Crippen LogP contribution < -0.4 is 5.14 Å². The smallest absolute Gasteiger partial charge is 0.289 e. The van der Waals surface area contributed by atoms with E-state index in [2.05, 4.69) is 6.92 Å². The quantitative estimate of drug-likeness (QED) is 0.911. The van der Waals surface area contributed by atoms with E-state index in [1.165, 1.54) is 13.0 Å². The van der Waals surface area contributed by atoms with E-state index >= 15 is 0 Å². The van der Waals surface area contributed by atoms with Gasteiger partial charge in [0.2, 0.25) is 10.0 Å². The number of hydrogen-bond acceptors (Lipinski definition) is 4. The van der Waals surface area contributed by atoms with Crippen LogP contribution >= 0.6 is 0 Å². The lowest BCUT2D eigenvalue weighted by atomic mass is 10.0. The average molecular weight is 300 g/mol. The Bertz CT molecular complexity index is 606. The van der Waals surface area contributed by atoms with E-state index in [4.69, 9.17) is 9.56 Å². The summed E-state index contributed by atoms with van der Waals surface area (Å²) in [6.45, 7) is 5.00. The summed E-state index contributed by atoms with van der Waals surface area (Å²) in [5.41, 5.74) is 0. The molecule has 2 heterocycles. The number of amides is 1. The molecule has 0 bridgehead atoms. The molecule has 1 aromatic rings. The first-order chi connectivity index (χ1) is 9.32. The van der Waals surface area contributed by atoms with Gasteiger partial charge in [0.05, 0.1) is 0 Å². The van der Waals surface area contributed by atoms with Crippen LogP contribution in [-0.4, -0.2) is 32.3 Å². The lowest BCUT2D eigenvalue weighted by Crippen LogP contribution is -2.28. The molecular weight excluding hydrogens is 280 g/mol. The Morgan fingerprint density at radius 1 is 1.55 bits per heavy atom. The van der Waals surface area contributed by atoms with Crippen molar-refractivity contribution in [3.05, 3.63) is 17.6 Å². The summed E-state index contributed by atoms with van der Waals surface area (Å²) in [5.74, 6) is 0.461. The number of carbonyl (C=O) groups is 1. The molecule has 0 aromatic carbocycles. The molecule has 0 saturated carbocycles. The molecule has 1 aromatic heterocycles. The fraction of sp³-hybridized carbons (Fsp3) is 0.615. The normalized spacial score (nSPS) is 19.6. The number of nitrogens with two attached hydrogens (primary N) is 1. The number of nitrogens with zero attached hydrogens (tertiary/aromatic N) is 1. The summed E-state index contributed by atoms with van der Waals surface area (Å²) in [6.07, 6.45) is 3.19. The van der Waals surface area contributed by atoms with Gasteiger partial charge in [-0.15, -0.1) is 0 Å². The van der Waals surface area contributed by atoms with Crippen LogP contribution in [0.1, 0.15) is 42.5 Å². The van der Waals surface area contributed by atoms with Crippen LogP contribution in [0.15, 0.2) is 15.4 Å². The van der Waals surface area contributed by atoms with Gasteiger partial charge in [0.25, 0.3) is 5.91 Å². The highest BCUT2D eigenvalue weighted by atomic mass is 32.2. The number of furan rings is 1. The summed E-state index contributed by atoms with van der Waals surface area (Å²) in [6, 6.07) is 1.22. The Labute approximate surface area is 119 Å². The predicted molar refractivity (Wildman–Crippen MR) is 73.7 cm³/mol. The van der Waals surface area contributed by atoms with Gasteiger partial charge in [-0.1, -0.05) is 13.3 Å². The van der Waals surface area contributed by atoms with Gasteiger partial charge in [0.1, 0.15) is 10.7 Å². The summed E-state index contributed by atoms with van der Waals surface area (Å²) >= 11 is 0. The summed E-state index contributed by atoms with van der Waals surface area (Å²) in [4.78, 5) is 13.9. The zero-order valence-corrected chi connectivity index (χ0v) is 12.6. The van der Waals surface area contributed by atoms with Crippen molar-refractivity contribution in [2.45, 2.75) is 38.0 Å². The van der Waals surface area contributed by atoms with Crippen molar-refractivity contribution in [3.8, 4) is 0 Å². The molecule has 0 aliphatic carbocycles. The second kappa shape index (κ2) is 5.57.